The minimum Gasteiger partial charge on any atom is -0.458 e. The molecule has 1 heterocycles. The van der Waals surface area contributed by atoms with Crippen molar-refractivity contribution in [1.82, 2.24) is 0 Å². The van der Waals surface area contributed by atoms with Gasteiger partial charge in [0.05, 0.1) is 0 Å². The number of carbonyl (C=O) groups excluding carboxylic acids is 1. The molecular formula is C15H16O2. The van der Waals surface area contributed by atoms with E-state index < -0.39 is 0 Å². The second-order valence-corrected chi connectivity index (χ2v) is 4.85. The van der Waals surface area contributed by atoms with Gasteiger partial charge in [-0.15, -0.1) is 0 Å². The summed E-state index contributed by atoms with van der Waals surface area (Å²) in [4.78, 5) is 11.9. The molecule has 1 saturated carbocycles. The lowest BCUT2D eigenvalue weighted by Crippen LogP contribution is -2.20. The molecule has 1 aliphatic heterocycles. The SMILES string of the molecule is O=C1O[C@@H]2CCCC[C@H]2/C1=C\c1ccccc1. The highest BCUT2D eigenvalue weighted by atomic mass is 16.6. The monoisotopic (exact) mass is 228 g/mol. The van der Waals surface area contributed by atoms with E-state index in [1.807, 2.05) is 36.4 Å². The van der Waals surface area contributed by atoms with Crippen molar-refractivity contribution >= 4 is 12.0 Å². The van der Waals surface area contributed by atoms with Gasteiger partial charge in [0, 0.05) is 11.5 Å². The molecule has 2 fully saturated rings. The van der Waals surface area contributed by atoms with Crippen LogP contribution in [0.1, 0.15) is 31.2 Å². The van der Waals surface area contributed by atoms with Crippen molar-refractivity contribution in [3.8, 4) is 0 Å². The Labute approximate surface area is 101 Å². The lowest BCUT2D eigenvalue weighted by molar-refractivity contribution is -0.139. The van der Waals surface area contributed by atoms with Crippen molar-refractivity contribution in [1.29, 1.82) is 0 Å². The number of esters is 1. The Morgan fingerprint density at radius 2 is 1.88 bits per heavy atom. The van der Waals surface area contributed by atoms with Crippen LogP contribution in [0.2, 0.25) is 0 Å². The Balaban J connectivity index is 1.91. The molecule has 0 N–H and O–H groups in total. The van der Waals surface area contributed by atoms with Crippen LogP contribution < -0.4 is 0 Å². The van der Waals surface area contributed by atoms with Crippen molar-refractivity contribution < 1.29 is 9.53 Å². The van der Waals surface area contributed by atoms with E-state index in [0.29, 0.717) is 5.92 Å². The average molecular weight is 228 g/mol. The number of carbonyl (C=O) groups is 1. The molecule has 1 aliphatic carbocycles. The molecule has 2 heteroatoms. The largest absolute Gasteiger partial charge is 0.458 e. The van der Waals surface area contributed by atoms with Crippen LogP contribution in [0.25, 0.3) is 6.08 Å². The second kappa shape index (κ2) is 4.36. The van der Waals surface area contributed by atoms with Crippen LogP contribution in [-0.2, 0) is 9.53 Å². The van der Waals surface area contributed by atoms with Gasteiger partial charge in [-0.1, -0.05) is 36.8 Å². The Morgan fingerprint density at radius 1 is 1.12 bits per heavy atom. The number of hydrogen-bond acceptors (Lipinski definition) is 2. The highest BCUT2D eigenvalue weighted by Crippen LogP contribution is 2.39. The van der Waals surface area contributed by atoms with Crippen LogP contribution in [0, 0.1) is 5.92 Å². The molecule has 2 aliphatic rings. The summed E-state index contributed by atoms with van der Waals surface area (Å²) in [5.41, 5.74) is 1.96. The lowest BCUT2D eigenvalue weighted by atomic mass is 9.83. The fraction of sp³-hybridized carbons (Fsp3) is 0.400. The standard InChI is InChI=1S/C15H16O2/c16-15-13(10-11-6-2-1-3-7-11)12-8-4-5-9-14(12)17-15/h1-3,6-7,10,12,14H,4-5,8-9H2/b13-10+/t12-,14+/m0/s1. The summed E-state index contributed by atoms with van der Waals surface area (Å²) in [6, 6.07) is 10.0. The quantitative estimate of drug-likeness (QED) is 0.545. The molecule has 3 rings (SSSR count). The molecule has 0 radical (unpaired) electrons. The zero-order valence-corrected chi connectivity index (χ0v) is 9.76. The number of benzene rings is 1. The summed E-state index contributed by atoms with van der Waals surface area (Å²) < 4.78 is 5.44. The van der Waals surface area contributed by atoms with Gasteiger partial charge in [-0.05, 0) is 30.9 Å². The van der Waals surface area contributed by atoms with Crippen molar-refractivity contribution in [2.45, 2.75) is 31.8 Å². The first kappa shape index (κ1) is 10.6. The molecule has 1 saturated heterocycles. The summed E-state index contributed by atoms with van der Waals surface area (Å²) in [6.07, 6.45) is 6.67. The van der Waals surface area contributed by atoms with Gasteiger partial charge in [-0.2, -0.15) is 0 Å². The van der Waals surface area contributed by atoms with E-state index >= 15 is 0 Å². The number of ether oxygens (including phenoxy) is 1. The Kier molecular flexibility index (Phi) is 2.71. The second-order valence-electron chi connectivity index (χ2n) is 4.85. The Morgan fingerprint density at radius 3 is 2.71 bits per heavy atom. The van der Waals surface area contributed by atoms with Gasteiger partial charge in [-0.3, -0.25) is 0 Å². The van der Waals surface area contributed by atoms with Crippen molar-refractivity contribution in [3.05, 3.63) is 41.5 Å². The molecule has 2 atom stereocenters. The van der Waals surface area contributed by atoms with Gasteiger partial charge >= 0.3 is 5.97 Å². The van der Waals surface area contributed by atoms with Crippen LogP contribution in [-0.4, -0.2) is 12.1 Å². The topological polar surface area (TPSA) is 26.3 Å². The first-order valence-corrected chi connectivity index (χ1v) is 6.32. The van der Waals surface area contributed by atoms with Crippen LogP contribution in [0.5, 0.6) is 0 Å². The maximum absolute atomic E-state index is 11.9. The van der Waals surface area contributed by atoms with Crippen molar-refractivity contribution in [2.75, 3.05) is 0 Å². The van der Waals surface area contributed by atoms with E-state index in [0.717, 1.165) is 24.0 Å². The molecule has 0 aromatic heterocycles. The van der Waals surface area contributed by atoms with E-state index in [1.54, 1.807) is 0 Å². The van der Waals surface area contributed by atoms with Crippen LogP contribution in [0.4, 0.5) is 0 Å². The minimum absolute atomic E-state index is 0.106. The first-order chi connectivity index (χ1) is 8.34. The third kappa shape index (κ3) is 1.99. The number of hydrogen-bond donors (Lipinski definition) is 0. The van der Waals surface area contributed by atoms with Crippen molar-refractivity contribution in [2.24, 2.45) is 5.92 Å². The van der Waals surface area contributed by atoms with Gasteiger partial charge in [0.2, 0.25) is 0 Å². The molecule has 1 aromatic rings. The summed E-state index contributed by atoms with van der Waals surface area (Å²) in [6.45, 7) is 0. The fourth-order valence-electron chi connectivity index (χ4n) is 2.85. The van der Waals surface area contributed by atoms with Gasteiger partial charge in [0.25, 0.3) is 0 Å². The highest BCUT2D eigenvalue weighted by Gasteiger charge is 2.40. The minimum atomic E-state index is -0.106. The van der Waals surface area contributed by atoms with E-state index in [2.05, 4.69) is 0 Å². The van der Waals surface area contributed by atoms with E-state index in [1.165, 1.54) is 12.8 Å². The maximum Gasteiger partial charge on any atom is 0.334 e. The molecule has 0 unspecified atom stereocenters. The predicted octanol–water partition coefficient (Wildman–Crippen LogP) is 3.19. The molecule has 1 aromatic carbocycles. The fourth-order valence-corrected chi connectivity index (χ4v) is 2.85. The van der Waals surface area contributed by atoms with Crippen LogP contribution in [0.3, 0.4) is 0 Å². The average Bonchev–Trinajstić information content (AvgIpc) is 2.68. The third-order valence-electron chi connectivity index (χ3n) is 3.72. The summed E-state index contributed by atoms with van der Waals surface area (Å²) >= 11 is 0. The van der Waals surface area contributed by atoms with Gasteiger partial charge in [-0.25, -0.2) is 4.79 Å². The van der Waals surface area contributed by atoms with Gasteiger partial charge < -0.3 is 4.74 Å². The predicted molar refractivity (Wildman–Crippen MR) is 66.3 cm³/mol. The molecule has 0 spiro atoms. The first-order valence-electron chi connectivity index (χ1n) is 6.32. The number of rotatable bonds is 1. The third-order valence-corrected chi connectivity index (χ3v) is 3.72. The van der Waals surface area contributed by atoms with Crippen molar-refractivity contribution in [3.63, 3.8) is 0 Å². The summed E-state index contributed by atoms with van der Waals surface area (Å²) in [5, 5.41) is 0. The van der Waals surface area contributed by atoms with E-state index in [-0.39, 0.29) is 12.1 Å². The van der Waals surface area contributed by atoms with E-state index in [4.69, 9.17) is 4.74 Å². The van der Waals surface area contributed by atoms with E-state index in [9.17, 15) is 4.79 Å². The summed E-state index contributed by atoms with van der Waals surface area (Å²) in [7, 11) is 0. The normalized spacial score (nSPS) is 30.1. The molecule has 17 heavy (non-hydrogen) atoms. The number of fused-ring (bicyclic) bond motifs is 1. The maximum atomic E-state index is 11.9. The lowest BCUT2D eigenvalue weighted by Gasteiger charge is -2.22. The van der Waals surface area contributed by atoms with Crippen LogP contribution >= 0.6 is 0 Å². The Hall–Kier alpha value is -1.57. The summed E-state index contributed by atoms with van der Waals surface area (Å²) in [5.74, 6) is 0.224. The smallest absolute Gasteiger partial charge is 0.334 e. The van der Waals surface area contributed by atoms with Crippen LogP contribution in [0.15, 0.2) is 35.9 Å². The highest BCUT2D eigenvalue weighted by molar-refractivity contribution is 5.96. The molecule has 0 bridgehead atoms. The zero-order valence-electron chi connectivity index (χ0n) is 9.76. The van der Waals surface area contributed by atoms with Gasteiger partial charge in [0.1, 0.15) is 6.10 Å². The Bertz CT molecular complexity index is 447. The molecular weight excluding hydrogens is 212 g/mol. The molecule has 2 nitrogen and oxygen atoms in total. The zero-order chi connectivity index (χ0) is 11.7. The molecule has 88 valence electrons. The molecule has 0 amide bonds. The van der Waals surface area contributed by atoms with Gasteiger partial charge in [0.15, 0.2) is 0 Å².